The van der Waals surface area contributed by atoms with Crippen LogP contribution in [0.3, 0.4) is 0 Å². The van der Waals surface area contributed by atoms with E-state index in [1.807, 2.05) is 47.0 Å². The van der Waals surface area contributed by atoms with Crippen LogP contribution in [0.1, 0.15) is 19.4 Å². The lowest BCUT2D eigenvalue weighted by molar-refractivity contribution is 0.513. The third kappa shape index (κ3) is 3.10. The van der Waals surface area contributed by atoms with Crippen molar-refractivity contribution < 1.29 is 0 Å². The van der Waals surface area contributed by atoms with Crippen LogP contribution in [0, 0.1) is 5.92 Å². The van der Waals surface area contributed by atoms with E-state index in [1.165, 1.54) is 0 Å². The molecule has 100 valence electrons. The monoisotopic (exact) mass is 273 g/mol. The average molecular weight is 273 g/mol. The molecule has 2 aromatic rings. The molecular weight excluding hydrogens is 254 g/mol. The first-order chi connectivity index (χ1) is 9.13. The number of rotatable bonds is 4. The predicted octanol–water partition coefficient (Wildman–Crippen LogP) is 3.60. The van der Waals surface area contributed by atoms with E-state index in [1.54, 1.807) is 0 Å². The molecule has 0 aliphatic heterocycles. The highest BCUT2D eigenvalue weighted by Crippen LogP contribution is 2.19. The van der Waals surface area contributed by atoms with E-state index in [-0.39, 0.29) is 5.56 Å². The zero-order chi connectivity index (χ0) is 13.8. The van der Waals surface area contributed by atoms with Gasteiger partial charge >= 0.3 is 0 Å². The summed E-state index contributed by atoms with van der Waals surface area (Å²) in [5, 5.41) is 0. The number of thiol groups is 1. The maximum Gasteiger partial charge on any atom is 0.255 e. The van der Waals surface area contributed by atoms with Crippen molar-refractivity contribution in [2.75, 3.05) is 0 Å². The van der Waals surface area contributed by atoms with Crippen molar-refractivity contribution in [1.29, 1.82) is 0 Å². The minimum absolute atomic E-state index is 0.0741. The van der Waals surface area contributed by atoms with Gasteiger partial charge in [-0.1, -0.05) is 50.2 Å². The first kappa shape index (κ1) is 13.9. The van der Waals surface area contributed by atoms with Gasteiger partial charge in [0, 0.05) is 17.9 Å². The number of pyridine rings is 1. The Morgan fingerprint density at radius 2 is 1.79 bits per heavy atom. The van der Waals surface area contributed by atoms with Crippen LogP contribution in [0.2, 0.25) is 0 Å². The highest BCUT2D eigenvalue weighted by atomic mass is 32.1. The molecule has 1 aromatic carbocycles. The van der Waals surface area contributed by atoms with Crippen LogP contribution in [-0.2, 0) is 12.3 Å². The van der Waals surface area contributed by atoms with E-state index < -0.39 is 0 Å². The van der Waals surface area contributed by atoms with Crippen molar-refractivity contribution in [2.45, 2.75) is 26.1 Å². The van der Waals surface area contributed by atoms with Crippen molar-refractivity contribution >= 4 is 12.6 Å². The summed E-state index contributed by atoms with van der Waals surface area (Å²) in [6, 6.07) is 13.9. The molecule has 0 aliphatic carbocycles. The predicted molar refractivity (Wildman–Crippen MR) is 83.7 cm³/mol. The van der Waals surface area contributed by atoms with Gasteiger partial charge in [0.1, 0.15) is 0 Å². The average Bonchev–Trinajstić information content (AvgIpc) is 2.41. The van der Waals surface area contributed by atoms with E-state index in [0.717, 1.165) is 23.4 Å². The molecule has 2 rings (SSSR count). The standard InChI is InChI=1S/C16H19NOS/c1-12(2)10-17-15(13-6-4-3-5-7-13)9-8-14(11-19)16(17)18/h3-9,12,19H,10-11H2,1-2H3. The van der Waals surface area contributed by atoms with Crippen molar-refractivity contribution in [3.8, 4) is 11.3 Å². The maximum absolute atomic E-state index is 12.4. The molecule has 2 nitrogen and oxygen atoms in total. The van der Waals surface area contributed by atoms with E-state index in [4.69, 9.17) is 0 Å². The van der Waals surface area contributed by atoms with Gasteiger partial charge in [-0.05, 0) is 17.5 Å². The van der Waals surface area contributed by atoms with Gasteiger partial charge in [-0.15, -0.1) is 0 Å². The van der Waals surface area contributed by atoms with Crippen LogP contribution < -0.4 is 5.56 Å². The molecule has 0 bridgehead atoms. The van der Waals surface area contributed by atoms with Crippen molar-refractivity contribution in [2.24, 2.45) is 5.92 Å². The van der Waals surface area contributed by atoms with Crippen LogP contribution >= 0.6 is 12.6 Å². The van der Waals surface area contributed by atoms with Crippen LogP contribution in [0.4, 0.5) is 0 Å². The molecule has 0 unspecified atom stereocenters. The van der Waals surface area contributed by atoms with Gasteiger partial charge in [0.05, 0.1) is 5.69 Å². The lowest BCUT2D eigenvalue weighted by Gasteiger charge is -2.16. The second-order valence-corrected chi connectivity index (χ2v) is 5.39. The fourth-order valence-electron chi connectivity index (χ4n) is 2.15. The minimum atomic E-state index is 0.0741. The van der Waals surface area contributed by atoms with Crippen LogP contribution in [0.5, 0.6) is 0 Å². The SMILES string of the molecule is CC(C)Cn1c(-c2ccccc2)ccc(CS)c1=O. The first-order valence-corrected chi connectivity index (χ1v) is 7.15. The van der Waals surface area contributed by atoms with Crippen molar-refractivity contribution in [3.63, 3.8) is 0 Å². The van der Waals surface area contributed by atoms with Gasteiger partial charge in [0.15, 0.2) is 0 Å². The fraction of sp³-hybridized carbons (Fsp3) is 0.312. The molecule has 3 heteroatoms. The van der Waals surface area contributed by atoms with Crippen LogP contribution in [0.15, 0.2) is 47.3 Å². The van der Waals surface area contributed by atoms with Gasteiger partial charge in [0.2, 0.25) is 0 Å². The Morgan fingerprint density at radius 1 is 1.11 bits per heavy atom. The van der Waals surface area contributed by atoms with Gasteiger partial charge in [-0.25, -0.2) is 0 Å². The fourth-order valence-corrected chi connectivity index (χ4v) is 2.39. The summed E-state index contributed by atoms with van der Waals surface area (Å²) in [4.78, 5) is 12.4. The summed E-state index contributed by atoms with van der Waals surface area (Å²) >= 11 is 4.23. The summed E-state index contributed by atoms with van der Waals surface area (Å²) in [7, 11) is 0. The number of nitrogens with zero attached hydrogens (tertiary/aromatic N) is 1. The molecule has 0 fully saturated rings. The molecule has 1 aromatic heterocycles. The lowest BCUT2D eigenvalue weighted by atomic mass is 10.1. The molecule has 0 aliphatic rings. The Bertz CT molecular complexity index is 602. The molecule has 19 heavy (non-hydrogen) atoms. The van der Waals surface area contributed by atoms with Crippen molar-refractivity contribution in [3.05, 3.63) is 58.4 Å². The van der Waals surface area contributed by atoms with Gasteiger partial charge in [-0.2, -0.15) is 12.6 Å². The van der Waals surface area contributed by atoms with Crippen LogP contribution in [0.25, 0.3) is 11.3 Å². The zero-order valence-electron chi connectivity index (χ0n) is 11.3. The molecule has 1 heterocycles. The molecule has 0 N–H and O–H groups in total. The third-order valence-electron chi connectivity index (χ3n) is 3.04. The largest absolute Gasteiger partial charge is 0.308 e. The van der Waals surface area contributed by atoms with Crippen LogP contribution in [-0.4, -0.2) is 4.57 Å². The molecule has 0 atom stereocenters. The highest BCUT2D eigenvalue weighted by Gasteiger charge is 2.10. The van der Waals surface area contributed by atoms with Gasteiger partial charge in [-0.3, -0.25) is 4.79 Å². The maximum atomic E-state index is 12.4. The molecule has 0 radical (unpaired) electrons. The first-order valence-electron chi connectivity index (χ1n) is 6.52. The molecule has 0 saturated heterocycles. The molecule has 0 spiro atoms. The van der Waals surface area contributed by atoms with E-state index >= 15 is 0 Å². The highest BCUT2D eigenvalue weighted by molar-refractivity contribution is 7.79. The summed E-state index contributed by atoms with van der Waals surface area (Å²) in [6.45, 7) is 4.97. The normalized spacial score (nSPS) is 10.9. The number of hydrogen-bond donors (Lipinski definition) is 1. The Labute approximate surface area is 119 Å². The molecular formula is C16H19NOS. The Kier molecular flexibility index (Phi) is 4.48. The Morgan fingerprint density at radius 3 is 2.37 bits per heavy atom. The summed E-state index contributed by atoms with van der Waals surface area (Å²) in [5.41, 5.74) is 2.88. The van der Waals surface area contributed by atoms with Gasteiger partial charge in [0.25, 0.3) is 5.56 Å². The second-order valence-electron chi connectivity index (χ2n) is 5.08. The molecule has 0 saturated carbocycles. The number of hydrogen-bond acceptors (Lipinski definition) is 2. The smallest absolute Gasteiger partial charge is 0.255 e. The Hall–Kier alpha value is -1.48. The second kappa shape index (κ2) is 6.11. The zero-order valence-corrected chi connectivity index (χ0v) is 12.2. The number of benzene rings is 1. The third-order valence-corrected chi connectivity index (χ3v) is 3.38. The van der Waals surface area contributed by atoms with E-state index in [2.05, 4.69) is 26.5 Å². The quantitative estimate of drug-likeness (QED) is 0.845. The van der Waals surface area contributed by atoms with Gasteiger partial charge < -0.3 is 4.57 Å². The summed E-state index contributed by atoms with van der Waals surface area (Å²) < 4.78 is 1.87. The topological polar surface area (TPSA) is 22.0 Å². The number of aromatic nitrogens is 1. The Balaban J connectivity index is 2.61. The van der Waals surface area contributed by atoms with E-state index in [9.17, 15) is 4.79 Å². The minimum Gasteiger partial charge on any atom is -0.308 e. The molecule has 0 amide bonds. The summed E-state index contributed by atoms with van der Waals surface area (Å²) in [5.74, 6) is 0.904. The van der Waals surface area contributed by atoms with E-state index in [0.29, 0.717) is 11.7 Å². The van der Waals surface area contributed by atoms with Crippen molar-refractivity contribution in [1.82, 2.24) is 4.57 Å². The lowest BCUT2D eigenvalue weighted by Crippen LogP contribution is -2.26. The summed E-state index contributed by atoms with van der Waals surface area (Å²) in [6.07, 6.45) is 0.